The largest absolute Gasteiger partial charge is 0.371 e. The van der Waals surface area contributed by atoms with Gasteiger partial charge in [0.2, 0.25) is 5.91 Å². The predicted molar refractivity (Wildman–Crippen MR) is 123 cm³/mol. The summed E-state index contributed by atoms with van der Waals surface area (Å²) in [5.41, 5.74) is 5.07. The maximum absolute atomic E-state index is 12.1. The monoisotopic (exact) mass is 446 g/mol. The predicted octanol–water partition coefficient (Wildman–Crippen LogP) is 4.62. The molecule has 0 aromatic heterocycles. The van der Waals surface area contributed by atoms with Crippen molar-refractivity contribution in [3.8, 4) is 0 Å². The number of anilines is 1. The van der Waals surface area contributed by atoms with Crippen LogP contribution in [-0.4, -0.2) is 35.9 Å². The summed E-state index contributed by atoms with van der Waals surface area (Å²) < 4.78 is 0. The fourth-order valence-electron chi connectivity index (χ4n) is 3.28. The Kier molecular flexibility index (Phi) is 8.10. The standard InChI is InChI=1S/C21H23ClN4O3S/c22-18-6-4-5-16(11-18)14-30-15-21(27)24-23-13-17-12-19(26(28)29)7-8-20(17)25-9-2-1-3-10-25/h4-8,11-13H,1-3,9-10,14-15H2,(H,24,27)/b23-13-. The average molecular weight is 447 g/mol. The normalized spacial score (nSPS) is 14.1. The SMILES string of the molecule is O=C(CSCc1cccc(Cl)c1)N/N=C\c1cc([N+](=O)[O-])ccc1N1CCCCC1. The molecule has 1 aliphatic heterocycles. The summed E-state index contributed by atoms with van der Waals surface area (Å²) >= 11 is 7.42. The topological polar surface area (TPSA) is 87.8 Å². The zero-order valence-electron chi connectivity index (χ0n) is 16.4. The highest BCUT2D eigenvalue weighted by molar-refractivity contribution is 7.99. The van der Waals surface area contributed by atoms with Crippen molar-refractivity contribution in [3.05, 3.63) is 68.7 Å². The molecular formula is C21H23ClN4O3S. The van der Waals surface area contributed by atoms with E-state index in [1.165, 1.54) is 36.5 Å². The van der Waals surface area contributed by atoms with Crippen LogP contribution in [0.25, 0.3) is 0 Å². The highest BCUT2D eigenvalue weighted by atomic mass is 35.5. The highest BCUT2D eigenvalue weighted by Crippen LogP contribution is 2.27. The third kappa shape index (κ3) is 6.47. The third-order valence-corrected chi connectivity index (χ3v) is 5.94. The Morgan fingerprint density at radius 3 is 2.77 bits per heavy atom. The maximum atomic E-state index is 12.1. The molecule has 2 aromatic carbocycles. The van der Waals surface area contributed by atoms with Gasteiger partial charge in [0.25, 0.3) is 5.69 Å². The Balaban J connectivity index is 1.58. The van der Waals surface area contributed by atoms with E-state index in [1.807, 2.05) is 24.3 Å². The van der Waals surface area contributed by atoms with Gasteiger partial charge in [-0.15, -0.1) is 11.8 Å². The maximum Gasteiger partial charge on any atom is 0.270 e. The number of hydrazone groups is 1. The molecule has 1 N–H and O–H groups in total. The molecule has 1 saturated heterocycles. The minimum Gasteiger partial charge on any atom is -0.371 e. The van der Waals surface area contributed by atoms with Crippen molar-refractivity contribution in [2.75, 3.05) is 23.7 Å². The lowest BCUT2D eigenvalue weighted by Gasteiger charge is -2.29. The molecule has 0 spiro atoms. The minimum absolute atomic E-state index is 0.000568. The van der Waals surface area contributed by atoms with Gasteiger partial charge in [-0.25, -0.2) is 5.43 Å². The lowest BCUT2D eigenvalue weighted by Crippen LogP contribution is -2.30. The van der Waals surface area contributed by atoms with Gasteiger partial charge in [-0.3, -0.25) is 14.9 Å². The van der Waals surface area contributed by atoms with Crippen LogP contribution in [0.5, 0.6) is 0 Å². The summed E-state index contributed by atoms with van der Waals surface area (Å²) in [6, 6.07) is 12.3. The number of nitro benzene ring substituents is 1. The van der Waals surface area contributed by atoms with Crippen molar-refractivity contribution in [1.29, 1.82) is 0 Å². The van der Waals surface area contributed by atoms with E-state index in [0.29, 0.717) is 16.3 Å². The van der Waals surface area contributed by atoms with E-state index in [-0.39, 0.29) is 17.3 Å². The summed E-state index contributed by atoms with van der Waals surface area (Å²) in [5, 5.41) is 15.8. The van der Waals surface area contributed by atoms with Crippen LogP contribution in [0.3, 0.4) is 0 Å². The van der Waals surface area contributed by atoms with Gasteiger partial charge in [0.05, 0.1) is 16.9 Å². The van der Waals surface area contributed by atoms with Crippen molar-refractivity contribution < 1.29 is 9.72 Å². The van der Waals surface area contributed by atoms with Crippen molar-refractivity contribution in [1.82, 2.24) is 5.43 Å². The number of nitrogens with one attached hydrogen (secondary N) is 1. The summed E-state index contributed by atoms with van der Waals surface area (Å²) in [7, 11) is 0. The molecule has 0 aliphatic carbocycles. The third-order valence-electron chi connectivity index (χ3n) is 4.70. The van der Waals surface area contributed by atoms with Crippen LogP contribution in [0.4, 0.5) is 11.4 Å². The average Bonchev–Trinajstić information content (AvgIpc) is 2.74. The number of hydrogen-bond acceptors (Lipinski definition) is 6. The van der Waals surface area contributed by atoms with E-state index < -0.39 is 4.92 Å². The van der Waals surface area contributed by atoms with E-state index in [2.05, 4.69) is 15.4 Å². The van der Waals surface area contributed by atoms with Gasteiger partial charge in [0, 0.05) is 47.2 Å². The van der Waals surface area contributed by atoms with Crippen LogP contribution in [0.15, 0.2) is 47.6 Å². The van der Waals surface area contributed by atoms with Crippen LogP contribution >= 0.6 is 23.4 Å². The van der Waals surface area contributed by atoms with Gasteiger partial charge in [-0.2, -0.15) is 5.10 Å². The first kappa shape index (κ1) is 22.1. The van der Waals surface area contributed by atoms with Crippen molar-refractivity contribution in [3.63, 3.8) is 0 Å². The number of benzene rings is 2. The molecule has 0 unspecified atom stereocenters. The molecule has 0 atom stereocenters. The van der Waals surface area contributed by atoms with Gasteiger partial charge in [-0.1, -0.05) is 23.7 Å². The molecule has 1 amide bonds. The molecule has 9 heteroatoms. The van der Waals surface area contributed by atoms with Crippen LogP contribution < -0.4 is 10.3 Å². The second kappa shape index (κ2) is 11.0. The minimum atomic E-state index is -0.428. The number of piperidine rings is 1. The Hall–Kier alpha value is -2.58. The van der Waals surface area contributed by atoms with Gasteiger partial charge >= 0.3 is 0 Å². The van der Waals surface area contributed by atoms with Gasteiger partial charge in [0.1, 0.15) is 0 Å². The Labute approximate surface area is 184 Å². The molecule has 0 radical (unpaired) electrons. The van der Waals surface area contributed by atoms with Crippen LogP contribution in [0.2, 0.25) is 5.02 Å². The fourth-order valence-corrected chi connectivity index (χ4v) is 4.26. The molecule has 1 fully saturated rings. The van der Waals surface area contributed by atoms with E-state index >= 15 is 0 Å². The number of amides is 1. The van der Waals surface area contributed by atoms with E-state index in [1.54, 1.807) is 6.07 Å². The Morgan fingerprint density at radius 2 is 2.03 bits per heavy atom. The van der Waals surface area contributed by atoms with Gasteiger partial charge in [0.15, 0.2) is 0 Å². The first-order valence-corrected chi connectivity index (χ1v) is 11.2. The number of carbonyl (C=O) groups is 1. The summed E-state index contributed by atoms with van der Waals surface area (Å²) in [6.07, 6.45) is 4.86. The lowest BCUT2D eigenvalue weighted by molar-refractivity contribution is -0.384. The summed E-state index contributed by atoms with van der Waals surface area (Å²) in [4.78, 5) is 25.0. The zero-order chi connectivity index (χ0) is 21.3. The van der Waals surface area contributed by atoms with Gasteiger partial charge < -0.3 is 4.90 Å². The molecule has 7 nitrogen and oxygen atoms in total. The van der Waals surface area contributed by atoms with Crippen LogP contribution in [0, 0.1) is 10.1 Å². The summed E-state index contributed by atoms with van der Waals surface area (Å²) in [6.45, 7) is 1.82. The number of carbonyl (C=O) groups excluding carboxylic acids is 1. The number of hydrogen-bond donors (Lipinski definition) is 1. The second-order valence-corrected chi connectivity index (χ2v) is 8.39. The zero-order valence-corrected chi connectivity index (χ0v) is 18.0. The second-order valence-electron chi connectivity index (χ2n) is 6.96. The molecular weight excluding hydrogens is 424 g/mol. The summed E-state index contributed by atoms with van der Waals surface area (Å²) in [5.74, 6) is 0.683. The number of thioether (sulfide) groups is 1. The molecule has 0 saturated carbocycles. The molecule has 30 heavy (non-hydrogen) atoms. The first-order valence-electron chi connectivity index (χ1n) is 9.70. The lowest BCUT2D eigenvalue weighted by atomic mass is 10.1. The number of nitro groups is 1. The molecule has 2 aromatic rings. The quantitative estimate of drug-likeness (QED) is 0.363. The fraction of sp³-hybridized carbons (Fsp3) is 0.333. The molecule has 1 heterocycles. The van der Waals surface area contributed by atoms with Crippen molar-refractivity contribution in [2.24, 2.45) is 5.10 Å². The Bertz CT molecular complexity index is 932. The molecule has 3 rings (SSSR count). The van der Waals surface area contributed by atoms with Crippen LogP contribution in [0.1, 0.15) is 30.4 Å². The highest BCUT2D eigenvalue weighted by Gasteiger charge is 2.17. The Morgan fingerprint density at radius 1 is 1.23 bits per heavy atom. The number of rotatable bonds is 8. The molecule has 158 valence electrons. The molecule has 1 aliphatic rings. The van der Waals surface area contributed by atoms with E-state index in [0.717, 1.165) is 37.2 Å². The number of nitrogens with zero attached hydrogens (tertiary/aromatic N) is 3. The van der Waals surface area contributed by atoms with Gasteiger partial charge in [-0.05, 0) is 43.0 Å². The smallest absolute Gasteiger partial charge is 0.270 e. The first-order chi connectivity index (χ1) is 14.5. The van der Waals surface area contributed by atoms with E-state index in [4.69, 9.17) is 11.6 Å². The van der Waals surface area contributed by atoms with Crippen molar-refractivity contribution >= 4 is 46.9 Å². The van der Waals surface area contributed by atoms with Crippen LogP contribution in [-0.2, 0) is 10.5 Å². The molecule has 0 bridgehead atoms. The number of non-ortho nitro benzene ring substituents is 1. The number of halogens is 1. The van der Waals surface area contributed by atoms with Crippen molar-refractivity contribution in [2.45, 2.75) is 25.0 Å². The van der Waals surface area contributed by atoms with E-state index in [9.17, 15) is 14.9 Å².